The second kappa shape index (κ2) is 4.23. The van der Waals surface area contributed by atoms with Gasteiger partial charge in [0.1, 0.15) is 0 Å². The fourth-order valence-corrected chi connectivity index (χ4v) is 2.52. The Bertz CT molecular complexity index is 344. The number of fused-ring (bicyclic) bond motifs is 1. The molecule has 0 unspecified atom stereocenters. The standard InChI is InChI=1S/C13H20N2/c1-15(2)9-10-3-4-12-8-13(14)6-5-11(12)7-10/h5-6,8,10H,3-4,7,9,14H2,1-2H3/t10-/m0/s1. The smallest absolute Gasteiger partial charge is 0.0316 e. The number of nitrogens with zero attached hydrogens (tertiary/aromatic N) is 1. The molecule has 2 rings (SSSR count). The minimum atomic E-state index is 0.816. The van der Waals surface area contributed by atoms with E-state index in [1.54, 1.807) is 0 Å². The van der Waals surface area contributed by atoms with Gasteiger partial charge in [-0.25, -0.2) is 0 Å². The first-order chi connectivity index (χ1) is 7.15. The molecule has 0 aliphatic heterocycles. The van der Waals surface area contributed by atoms with Crippen molar-refractivity contribution in [1.82, 2.24) is 4.90 Å². The van der Waals surface area contributed by atoms with Gasteiger partial charge in [0.25, 0.3) is 0 Å². The lowest BCUT2D eigenvalue weighted by atomic mass is 9.83. The topological polar surface area (TPSA) is 29.3 Å². The van der Waals surface area contributed by atoms with E-state index >= 15 is 0 Å². The molecule has 2 N–H and O–H groups in total. The van der Waals surface area contributed by atoms with Crippen LogP contribution in [-0.2, 0) is 12.8 Å². The van der Waals surface area contributed by atoms with Crippen LogP contribution in [0.1, 0.15) is 17.5 Å². The highest BCUT2D eigenvalue weighted by Crippen LogP contribution is 2.27. The largest absolute Gasteiger partial charge is 0.399 e. The molecule has 2 heteroatoms. The minimum absolute atomic E-state index is 0.816. The zero-order valence-corrected chi connectivity index (χ0v) is 9.66. The third-order valence-corrected chi connectivity index (χ3v) is 3.18. The summed E-state index contributed by atoms with van der Waals surface area (Å²) in [5, 5.41) is 0. The number of nitrogen functional groups attached to an aromatic ring is 1. The molecule has 2 nitrogen and oxygen atoms in total. The first kappa shape index (κ1) is 10.5. The summed E-state index contributed by atoms with van der Waals surface area (Å²) in [5.41, 5.74) is 9.66. The number of hydrogen-bond acceptors (Lipinski definition) is 2. The zero-order chi connectivity index (χ0) is 10.8. The van der Waals surface area contributed by atoms with Crippen molar-refractivity contribution in [3.8, 4) is 0 Å². The number of anilines is 1. The summed E-state index contributed by atoms with van der Waals surface area (Å²) in [7, 11) is 4.30. The lowest BCUT2D eigenvalue weighted by Crippen LogP contribution is -2.26. The van der Waals surface area contributed by atoms with Gasteiger partial charge in [-0.2, -0.15) is 0 Å². The van der Waals surface area contributed by atoms with Crippen LogP contribution in [-0.4, -0.2) is 25.5 Å². The lowest BCUT2D eigenvalue weighted by molar-refractivity contribution is 0.303. The molecule has 0 fully saturated rings. The summed E-state index contributed by atoms with van der Waals surface area (Å²) in [6.45, 7) is 1.20. The average Bonchev–Trinajstić information content (AvgIpc) is 2.17. The van der Waals surface area contributed by atoms with Gasteiger partial charge < -0.3 is 10.6 Å². The molecule has 15 heavy (non-hydrogen) atoms. The molecule has 1 aromatic carbocycles. The van der Waals surface area contributed by atoms with E-state index in [0.29, 0.717) is 0 Å². The fourth-order valence-electron chi connectivity index (χ4n) is 2.52. The van der Waals surface area contributed by atoms with Gasteiger partial charge in [-0.1, -0.05) is 6.07 Å². The van der Waals surface area contributed by atoms with E-state index in [-0.39, 0.29) is 0 Å². The van der Waals surface area contributed by atoms with Crippen LogP contribution >= 0.6 is 0 Å². The number of rotatable bonds is 2. The maximum absolute atomic E-state index is 5.79. The summed E-state index contributed by atoms with van der Waals surface area (Å²) in [4.78, 5) is 2.28. The Labute approximate surface area is 92.1 Å². The number of benzene rings is 1. The van der Waals surface area contributed by atoms with Crippen LogP contribution in [0.2, 0.25) is 0 Å². The molecule has 0 aromatic heterocycles. The zero-order valence-electron chi connectivity index (χ0n) is 9.66. The molecular weight excluding hydrogens is 184 g/mol. The molecule has 0 amide bonds. The number of nitrogens with two attached hydrogens (primary N) is 1. The van der Waals surface area contributed by atoms with Gasteiger partial charge in [-0.3, -0.25) is 0 Å². The van der Waals surface area contributed by atoms with Crippen molar-refractivity contribution in [1.29, 1.82) is 0 Å². The Kier molecular flexibility index (Phi) is 2.96. The molecule has 0 bridgehead atoms. The summed E-state index contributed by atoms with van der Waals surface area (Å²) in [5.74, 6) is 0.816. The van der Waals surface area contributed by atoms with Gasteiger partial charge in [-0.05, 0) is 62.5 Å². The van der Waals surface area contributed by atoms with Crippen LogP contribution in [0.3, 0.4) is 0 Å². The second-order valence-corrected chi connectivity index (χ2v) is 4.90. The van der Waals surface area contributed by atoms with E-state index in [2.05, 4.69) is 31.1 Å². The van der Waals surface area contributed by atoms with Crippen molar-refractivity contribution in [2.75, 3.05) is 26.4 Å². The first-order valence-corrected chi connectivity index (χ1v) is 5.67. The molecule has 82 valence electrons. The highest BCUT2D eigenvalue weighted by atomic mass is 15.1. The average molecular weight is 204 g/mol. The van der Waals surface area contributed by atoms with Crippen LogP contribution < -0.4 is 5.73 Å². The molecule has 0 saturated carbocycles. The van der Waals surface area contributed by atoms with Gasteiger partial charge in [-0.15, -0.1) is 0 Å². The van der Waals surface area contributed by atoms with Crippen molar-refractivity contribution < 1.29 is 0 Å². The lowest BCUT2D eigenvalue weighted by Gasteiger charge is -2.27. The number of aryl methyl sites for hydroxylation is 1. The molecule has 0 spiro atoms. The summed E-state index contributed by atoms with van der Waals surface area (Å²) >= 11 is 0. The Morgan fingerprint density at radius 2 is 2.13 bits per heavy atom. The van der Waals surface area contributed by atoms with Crippen molar-refractivity contribution >= 4 is 5.69 Å². The molecule has 0 radical (unpaired) electrons. The van der Waals surface area contributed by atoms with Crippen LogP contribution in [0.4, 0.5) is 5.69 Å². The maximum Gasteiger partial charge on any atom is 0.0316 e. The van der Waals surface area contributed by atoms with Crippen LogP contribution in [0, 0.1) is 5.92 Å². The van der Waals surface area contributed by atoms with E-state index in [9.17, 15) is 0 Å². The first-order valence-electron chi connectivity index (χ1n) is 5.67. The quantitative estimate of drug-likeness (QED) is 0.746. The van der Waals surface area contributed by atoms with E-state index in [0.717, 1.165) is 11.6 Å². The van der Waals surface area contributed by atoms with E-state index in [4.69, 9.17) is 5.73 Å². The highest BCUT2D eigenvalue weighted by molar-refractivity contribution is 5.45. The van der Waals surface area contributed by atoms with Gasteiger partial charge in [0.05, 0.1) is 0 Å². The molecule has 0 heterocycles. The number of hydrogen-bond donors (Lipinski definition) is 1. The van der Waals surface area contributed by atoms with Crippen LogP contribution in [0.15, 0.2) is 18.2 Å². The third-order valence-electron chi connectivity index (χ3n) is 3.18. The predicted octanol–water partition coefficient (Wildman–Crippen LogP) is 1.94. The molecule has 1 aromatic rings. The third kappa shape index (κ3) is 2.51. The molecule has 1 aliphatic carbocycles. The van der Waals surface area contributed by atoms with Crippen LogP contribution in [0.5, 0.6) is 0 Å². The fraction of sp³-hybridized carbons (Fsp3) is 0.538. The second-order valence-electron chi connectivity index (χ2n) is 4.90. The molecular formula is C13H20N2. The Morgan fingerprint density at radius 1 is 1.33 bits per heavy atom. The molecule has 1 atom stereocenters. The summed E-state index contributed by atoms with van der Waals surface area (Å²) in [6, 6.07) is 6.37. The summed E-state index contributed by atoms with van der Waals surface area (Å²) in [6.07, 6.45) is 3.71. The molecule has 1 aliphatic rings. The molecule has 0 saturated heterocycles. The van der Waals surface area contributed by atoms with Gasteiger partial charge in [0.15, 0.2) is 0 Å². The van der Waals surface area contributed by atoms with Crippen LogP contribution in [0.25, 0.3) is 0 Å². The normalized spacial score (nSPS) is 20.3. The Hall–Kier alpha value is -1.02. The maximum atomic E-state index is 5.79. The van der Waals surface area contributed by atoms with E-state index in [1.165, 1.54) is 36.9 Å². The Balaban J connectivity index is 2.10. The monoisotopic (exact) mass is 204 g/mol. The SMILES string of the molecule is CN(C)C[C@H]1CCc2cc(N)ccc2C1. The Morgan fingerprint density at radius 3 is 2.87 bits per heavy atom. The van der Waals surface area contributed by atoms with Crippen molar-refractivity contribution in [3.63, 3.8) is 0 Å². The van der Waals surface area contributed by atoms with Gasteiger partial charge in [0.2, 0.25) is 0 Å². The summed E-state index contributed by atoms with van der Waals surface area (Å²) < 4.78 is 0. The predicted molar refractivity (Wildman–Crippen MR) is 64.9 cm³/mol. The van der Waals surface area contributed by atoms with Gasteiger partial charge in [0, 0.05) is 12.2 Å². The minimum Gasteiger partial charge on any atom is -0.399 e. The van der Waals surface area contributed by atoms with Crippen molar-refractivity contribution in [2.45, 2.75) is 19.3 Å². The van der Waals surface area contributed by atoms with Crippen molar-refractivity contribution in [2.24, 2.45) is 5.92 Å². The van der Waals surface area contributed by atoms with Gasteiger partial charge >= 0.3 is 0 Å². The van der Waals surface area contributed by atoms with Crippen molar-refractivity contribution in [3.05, 3.63) is 29.3 Å². The highest BCUT2D eigenvalue weighted by Gasteiger charge is 2.18. The van der Waals surface area contributed by atoms with E-state index < -0.39 is 0 Å². The van der Waals surface area contributed by atoms with E-state index in [1.807, 2.05) is 6.07 Å².